The molecule has 2 aromatic carbocycles. The van der Waals surface area contributed by atoms with Gasteiger partial charge in [0, 0.05) is 11.6 Å². The monoisotopic (exact) mass is 426 g/mol. The van der Waals surface area contributed by atoms with E-state index in [0.29, 0.717) is 16.1 Å². The highest BCUT2D eigenvalue weighted by molar-refractivity contribution is 6.31. The molecule has 0 saturated carbocycles. The van der Waals surface area contributed by atoms with Gasteiger partial charge in [0.2, 0.25) is 0 Å². The summed E-state index contributed by atoms with van der Waals surface area (Å²) < 4.78 is 34.1. The summed E-state index contributed by atoms with van der Waals surface area (Å²) in [5.41, 5.74) is 1.24. The quantitative estimate of drug-likeness (QED) is 0.592. The first-order valence-electron chi connectivity index (χ1n) is 8.74. The van der Waals surface area contributed by atoms with Crippen molar-refractivity contribution in [1.82, 2.24) is 10.6 Å². The van der Waals surface area contributed by atoms with Crippen LogP contribution in [0, 0.1) is 0 Å². The van der Waals surface area contributed by atoms with Crippen LogP contribution in [0.15, 0.2) is 48.5 Å². The number of nitrogens with one attached hydrogen (secondary N) is 2. The first-order chi connectivity index (χ1) is 13.9. The van der Waals surface area contributed by atoms with E-state index in [1.54, 1.807) is 48.5 Å². The van der Waals surface area contributed by atoms with Crippen LogP contribution < -0.4 is 15.4 Å². The summed E-state index contributed by atoms with van der Waals surface area (Å²) in [4.78, 5) is 24.0. The molecule has 0 aromatic heterocycles. The molecule has 2 N–H and O–H groups in total. The Morgan fingerprint density at radius 2 is 1.90 bits per heavy atom. The number of carbonyl (C=O) groups is 2. The molecule has 2 rings (SSSR count). The molecule has 0 spiro atoms. The van der Waals surface area contributed by atoms with Gasteiger partial charge < -0.3 is 20.1 Å². The van der Waals surface area contributed by atoms with E-state index in [0.717, 1.165) is 0 Å². The Hall–Kier alpha value is -2.87. The van der Waals surface area contributed by atoms with Crippen molar-refractivity contribution in [3.05, 3.63) is 64.7 Å². The summed E-state index contributed by atoms with van der Waals surface area (Å²) in [5.74, 6) is -0.219. The lowest BCUT2D eigenvalue weighted by Gasteiger charge is -2.20. The first-order valence-corrected chi connectivity index (χ1v) is 9.12. The summed E-state index contributed by atoms with van der Waals surface area (Å²) in [7, 11) is 1.26. The van der Waals surface area contributed by atoms with Crippen molar-refractivity contribution in [2.75, 3.05) is 13.7 Å². The number of rotatable bonds is 9. The Bertz CT molecular complexity index is 836. The number of amides is 2. The van der Waals surface area contributed by atoms with Gasteiger partial charge in [0.15, 0.2) is 0 Å². The number of halogens is 3. The molecule has 0 aliphatic carbocycles. The lowest BCUT2D eigenvalue weighted by Crippen LogP contribution is -2.38. The Morgan fingerprint density at radius 1 is 1.14 bits per heavy atom. The van der Waals surface area contributed by atoms with E-state index >= 15 is 0 Å². The summed E-state index contributed by atoms with van der Waals surface area (Å²) in [5, 5.41) is 5.76. The second-order valence-corrected chi connectivity index (χ2v) is 6.44. The maximum Gasteiger partial charge on any atom is 0.315 e. The topological polar surface area (TPSA) is 76.7 Å². The molecule has 0 radical (unpaired) electrons. The van der Waals surface area contributed by atoms with Crippen LogP contribution in [0.2, 0.25) is 5.02 Å². The predicted molar refractivity (Wildman–Crippen MR) is 104 cm³/mol. The minimum absolute atomic E-state index is 0.0927. The van der Waals surface area contributed by atoms with Crippen LogP contribution in [0.25, 0.3) is 0 Å². The molecule has 0 aliphatic rings. The fourth-order valence-electron chi connectivity index (χ4n) is 2.54. The fourth-order valence-corrected chi connectivity index (χ4v) is 2.81. The molecular formula is C20H21ClF2N2O4. The third-order valence-electron chi connectivity index (χ3n) is 3.91. The molecule has 9 heteroatoms. The largest absolute Gasteiger partial charge is 0.488 e. The first kappa shape index (κ1) is 22.4. The molecule has 156 valence electrons. The maximum atomic E-state index is 12.3. The highest BCUT2D eigenvalue weighted by Gasteiger charge is 2.21. The molecule has 0 fully saturated rings. The van der Waals surface area contributed by atoms with E-state index in [9.17, 15) is 18.4 Å². The van der Waals surface area contributed by atoms with Crippen LogP contribution in [0.4, 0.5) is 13.6 Å². The zero-order valence-electron chi connectivity index (χ0n) is 15.7. The number of ether oxygens (including phenoxy) is 2. The van der Waals surface area contributed by atoms with Crippen LogP contribution >= 0.6 is 11.6 Å². The third kappa shape index (κ3) is 7.57. The smallest absolute Gasteiger partial charge is 0.315 e. The Balaban J connectivity index is 1.99. The van der Waals surface area contributed by atoms with E-state index in [-0.39, 0.29) is 18.7 Å². The van der Waals surface area contributed by atoms with Crippen LogP contribution in [0.3, 0.4) is 0 Å². The van der Waals surface area contributed by atoms with Crippen molar-refractivity contribution in [3.63, 3.8) is 0 Å². The number of alkyl halides is 2. The van der Waals surface area contributed by atoms with E-state index in [2.05, 4.69) is 15.4 Å². The van der Waals surface area contributed by atoms with E-state index in [1.807, 2.05) is 0 Å². The second-order valence-electron chi connectivity index (χ2n) is 6.03. The third-order valence-corrected chi connectivity index (χ3v) is 4.26. The zero-order chi connectivity index (χ0) is 21.2. The molecule has 1 atom stereocenters. The molecule has 0 bridgehead atoms. The number of esters is 1. The summed E-state index contributed by atoms with van der Waals surface area (Å²) in [6.45, 7) is -0.574. The Labute approximate surface area is 172 Å². The number of benzene rings is 2. The summed E-state index contributed by atoms with van der Waals surface area (Å²) >= 11 is 6.18. The molecule has 29 heavy (non-hydrogen) atoms. The fraction of sp³-hybridized carbons (Fsp3) is 0.300. The standard InChI is InChI=1S/C20H21ClF2N2O4/c1-28-19(26)10-17(15-7-2-3-8-16(15)21)25-20(27)24-11-13-5-4-6-14(9-13)29-12-18(22)23/h2-9,17-18H,10-12H2,1H3,(H2,24,25,27). The number of methoxy groups -OCH3 is 1. The minimum atomic E-state index is -2.57. The van der Waals surface area contributed by atoms with Gasteiger partial charge in [-0.25, -0.2) is 13.6 Å². The molecule has 6 nitrogen and oxygen atoms in total. The lowest BCUT2D eigenvalue weighted by molar-refractivity contribution is -0.141. The Kier molecular flexibility index (Phi) is 8.67. The molecule has 0 saturated heterocycles. The normalized spacial score (nSPS) is 11.6. The van der Waals surface area contributed by atoms with Gasteiger partial charge in [0.05, 0.1) is 19.6 Å². The van der Waals surface area contributed by atoms with E-state index in [4.69, 9.17) is 16.3 Å². The van der Waals surface area contributed by atoms with Crippen LogP contribution in [0.1, 0.15) is 23.6 Å². The number of hydrogen-bond donors (Lipinski definition) is 2. The molecule has 0 heterocycles. The van der Waals surface area contributed by atoms with Crippen molar-refractivity contribution in [3.8, 4) is 5.75 Å². The van der Waals surface area contributed by atoms with Gasteiger partial charge in [0.25, 0.3) is 6.43 Å². The average Bonchev–Trinajstić information content (AvgIpc) is 2.71. The predicted octanol–water partition coefficient (Wildman–Crippen LogP) is 4.09. The van der Waals surface area contributed by atoms with Gasteiger partial charge >= 0.3 is 12.0 Å². The van der Waals surface area contributed by atoms with E-state index in [1.165, 1.54) is 7.11 Å². The van der Waals surface area contributed by atoms with Crippen molar-refractivity contribution in [2.24, 2.45) is 0 Å². The van der Waals surface area contributed by atoms with Gasteiger partial charge in [-0.2, -0.15) is 0 Å². The SMILES string of the molecule is COC(=O)CC(NC(=O)NCc1cccc(OCC(F)F)c1)c1ccccc1Cl. The van der Waals surface area contributed by atoms with Crippen LogP contribution in [0.5, 0.6) is 5.75 Å². The molecule has 2 aromatic rings. The highest BCUT2D eigenvalue weighted by Crippen LogP contribution is 2.25. The summed E-state index contributed by atoms with van der Waals surface area (Å²) in [6, 6.07) is 12.1. The Morgan fingerprint density at radius 3 is 2.59 bits per heavy atom. The zero-order valence-corrected chi connectivity index (χ0v) is 16.4. The minimum Gasteiger partial charge on any atom is -0.488 e. The van der Waals surface area contributed by atoms with Crippen molar-refractivity contribution < 1.29 is 27.8 Å². The van der Waals surface area contributed by atoms with Crippen molar-refractivity contribution in [2.45, 2.75) is 25.4 Å². The van der Waals surface area contributed by atoms with Crippen molar-refractivity contribution in [1.29, 1.82) is 0 Å². The van der Waals surface area contributed by atoms with Gasteiger partial charge in [-0.05, 0) is 29.3 Å². The highest BCUT2D eigenvalue weighted by atomic mass is 35.5. The van der Waals surface area contributed by atoms with Gasteiger partial charge in [-0.3, -0.25) is 4.79 Å². The number of urea groups is 1. The average molecular weight is 427 g/mol. The number of carbonyl (C=O) groups excluding carboxylic acids is 2. The van der Waals surface area contributed by atoms with Gasteiger partial charge in [0.1, 0.15) is 12.4 Å². The van der Waals surface area contributed by atoms with Gasteiger partial charge in [-0.15, -0.1) is 0 Å². The van der Waals surface area contributed by atoms with Crippen LogP contribution in [-0.2, 0) is 16.1 Å². The second kappa shape index (κ2) is 11.2. The van der Waals surface area contributed by atoms with E-state index < -0.39 is 31.1 Å². The lowest BCUT2D eigenvalue weighted by atomic mass is 10.0. The molecule has 0 aliphatic heterocycles. The van der Waals surface area contributed by atoms with Crippen molar-refractivity contribution >= 4 is 23.6 Å². The maximum absolute atomic E-state index is 12.3. The van der Waals surface area contributed by atoms with Crippen LogP contribution in [-0.4, -0.2) is 32.1 Å². The molecular weight excluding hydrogens is 406 g/mol. The molecule has 1 unspecified atom stereocenters. The number of hydrogen-bond acceptors (Lipinski definition) is 4. The molecule has 2 amide bonds. The summed E-state index contributed by atoms with van der Waals surface area (Å²) in [6.07, 6.45) is -2.66. The van der Waals surface area contributed by atoms with Gasteiger partial charge in [-0.1, -0.05) is 41.9 Å².